The molecule has 0 aromatic carbocycles. The Morgan fingerprint density at radius 1 is 1.48 bits per heavy atom. The molecule has 1 saturated heterocycles. The number of nitrogens with one attached hydrogen (secondary N) is 2. The summed E-state index contributed by atoms with van der Waals surface area (Å²) < 4.78 is 0. The van der Waals surface area contributed by atoms with Crippen LogP contribution < -0.4 is 10.9 Å². The Hall–Kier alpha value is -2.03. The summed E-state index contributed by atoms with van der Waals surface area (Å²) >= 11 is 1.47. The Bertz CT molecular complexity index is 760. The third-order valence-corrected chi connectivity index (χ3v) is 5.32. The Morgan fingerprint density at radius 2 is 2.36 bits per heavy atom. The molecule has 7 nitrogen and oxygen atoms in total. The molecule has 0 unspecified atom stereocenters. The molecule has 1 amide bonds. The summed E-state index contributed by atoms with van der Waals surface area (Å²) in [5.41, 5.74) is -0.431. The Kier molecular flexibility index (Phi) is 5.95. The molecule has 0 bridgehead atoms. The van der Waals surface area contributed by atoms with Crippen LogP contribution in [0, 0.1) is 0 Å². The first-order chi connectivity index (χ1) is 12.2. The van der Waals surface area contributed by atoms with Crippen molar-refractivity contribution in [2.45, 2.75) is 25.3 Å². The maximum atomic E-state index is 12.2. The molecule has 1 aliphatic rings. The fourth-order valence-electron chi connectivity index (χ4n) is 3.06. The lowest BCUT2D eigenvalue weighted by Gasteiger charge is -2.34. The molecule has 8 heteroatoms. The van der Waals surface area contributed by atoms with E-state index < -0.39 is 11.5 Å². The highest BCUT2D eigenvalue weighted by Crippen LogP contribution is 2.19. The molecule has 1 fully saturated rings. The van der Waals surface area contributed by atoms with E-state index >= 15 is 0 Å². The number of aromatic amines is 1. The summed E-state index contributed by atoms with van der Waals surface area (Å²) in [6.07, 6.45) is 4.54. The van der Waals surface area contributed by atoms with Crippen molar-refractivity contribution >= 4 is 17.2 Å². The molecule has 3 N–H and O–H groups in total. The van der Waals surface area contributed by atoms with Crippen molar-refractivity contribution in [3.8, 4) is 10.7 Å². The van der Waals surface area contributed by atoms with Crippen LogP contribution in [-0.4, -0.2) is 58.2 Å². The third kappa shape index (κ3) is 4.33. The van der Waals surface area contributed by atoms with Crippen LogP contribution in [0.4, 0.5) is 0 Å². The molecule has 0 aliphatic carbocycles. The van der Waals surface area contributed by atoms with E-state index in [0.717, 1.165) is 30.7 Å². The summed E-state index contributed by atoms with van der Waals surface area (Å²) in [4.78, 5) is 34.2. The number of carbonyl (C=O) groups is 1. The van der Waals surface area contributed by atoms with E-state index in [-0.39, 0.29) is 18.2 Å². The van der Waals surface area contributed by atoms with Crippen LogP contribution in [0.25, 0.3) is 10.7 Å². The molecule has 2 aromatic heterocycles. The van der Waals surface area contributed by atoms with Gasteiger partial charge in [0, 0.05) is 25.3 Å². The van der Waals surface area contributed by atoms with Gasteiger partial charge in [-0.2, -0.15) is 0 Å². The average Bonchev–Trinajstić information content (AvgIpc) is 3.16. The maximum Gasteiger partial charge on any atom is 0.264 e. The second-order valence-corrected chi connectivity index (χ2v) is 7.02. The standard InChI is InChI=1S/C17H22N4O3S/c22-11-12-4-1-2-7-21(12)8-6-18-16(23)13-10-19-15(20-17(13)24)14-5-3-9-25-14/h3,5,9-10,12,22H,1-2,4,6-8,11H2,(H,18,23)(H,19,20,24)/t12-/m1/s1. The van der Waals surface area contributed by atoms with Crippen LogP contribution in [0.3, 0.4) is 0 Å². The van der Waals surface area contributed by atoms with Crippen molar-refractivity contribution in [3.63, 3.8) is 0 Å². The van der Waals surface area contributed by atoms with E-state index in [1.54, 1.807) is 0 Å². The number of carbonyl (C=O) groups excluding carboxylic acids is 1. The predicted octanol–water partition coefficient (Wildman–Crippen LogP) is 1.07. The number of thiophene rings is 1. The van der Waals surface area contributed by atoms with Gasteiger partial charge in [-0.3, -0.25) is 14.5 Å². The van der Waals surface area contributed by atoms with E-state index in [4.69, 9.17) is 0 Å². The number of aromatic nitrogens is 2. The second-order valence-electron chi connectivity index (χ2n) is 6.08. The predicted molar refractivity (Wildman–Crippen MR) is 96.8 cm³/mol. The number of hydrogen-bond acceptors (Lipinski definition) is 6. The molecule has 0 spiro atoms. The molecule has 3 rings (SSSR count). The molecule has 0 radical (unpaired) electrons. The van der Waals surface area contributed by atoms with Gasteiger partial charge in [0.1, 0.15) is 11.4 Å². The Morgan fingerprint density at radius 3 is 3.08 bits per heavy atom. The fraction of sp³-hybridized carbons (Fsp3) is 0.471. The van der Waals surface area contributed by atoms with Gasteiger partial charge < -0.3 is 15.4 Å². The van der Waals surface area contributed by atoms with Crippen molar-refractivity contribution < 1.29 is 9.90 Å². The number of aliphatic hydroxyl groups is 1. The van der Waals surface area contributed by atoms with Crippen molar-refractivity contribution in [1.82, 2.24) is 20.2 Å². The van der Waals surface area contributed by atoms with Gasteiger partial charge in [-0.25, -0.2) is 4.98 Å². The quantitative estimate of drug-likeness (QED) is 0.714. The number of nitrogens with zero attached hydrogens (tertiary/aromatic N) is 2. The number of H-pyrrole nitrogens is 1. The first-order valence-corrected chi connectivity index (χ1v) is 9.33. The van der Waals surface area contributed by atoms with Gasteiger partial charge in [0.05, 0.1) is 11.5 Å². The molecular weight excluding hydrogens is 340 g/mol. The zero-order chi connectivity index (χ0) is 17.6. The van der Waals surface area contributed by atoms with E-state index in [1.165, 1.54) is 17.5 Å². The van der Waals surface area contributed by atoms with E-state index in [9.17, 15) is 14.7 Å². The largest absolute Gasteiger partial charge is 0.395 e. The number of rotatable bonds is 6. The van der Waals surface area contributed by atoms with Gasteiger partial charge in [-0.05, 0) is 30.8 Å². The minimum absolute atomic E-state index is 0.0117. The Balaban J connectivity index is 1.57. The zero-order valence-corrected chi connectivity index (χ0v) is 14.7. The Labute approximate surface area is 149 Å². The van der Waals surface area contributed by atoms with Crippen molar-refractivity contribution in [2.24, 2.45) is 0 Å². The highest BCUT2D eigenvalue weighted by molar-refractivity contribution is 7.13. The van der Waals surface area contributed by atoms with E-state index in [0.29, 0.717) is 18.9 Å². The first kappa shape index (κ1) is 17.8. The summed E-state index contributed by atoms with van der Waals surface area (Å²) in [6, 6.07) is 3.90. The van der Waals surface area contributed by atoms with Crippen LogP contribution in [0.15, 0.2) is 28.5 Å². The second kappa shape index (κ2) is 8.37. The van der Waals surface area contributed by atoms with Crippen LogP contribution in [0.1, 0.15) is 29.6 Å². The summed E-state index contributed by atoms with van der Waals surface area (Å²) in [5.74, 6) is 0.0414. The van der Waals surface area contributed by atoms with Gasteiger partial charge in [-0.15, -0.1) is 11.3 Å². The van der Waals surface area contributed by atoms with Crippen LogP contribution in [-0.2, 0) is 0 Å². The normalized spacial score (nSPS) is 18.2. The molecule has 2 aromatic rings. The van der Waals surface area contributed by atoms with Gasteiger partial charge in [0.15, 0.2) is 0 Å². The molecule has 1 atom stereocenters. The van der Waals surface area contributed by atoms with Gasteiger partial charge in [-0.1, -0.05) is 12.5 Å². The van der Waals surface area contributed by atoms with E-state index in [1.807, 2.05) is 17.5 Å². The lowest BCUT2D eigenvalue weighted by molar-refractivity contribution is 0.0848. The molecule has 0 saturated carbocycles. The highest BCUT2D eigenvalue weighted by atomic mass is 32.1. The molecule has 1 aliphatic heterocycles. The number of hydrogen-bond donors (Lipinski definition) is 3. The van der Waals surface area contributed by atoms with Crippen LogP contribution in [0.5, 0.6) is 0 Å². The number of amides is 1. The van der Waals surface area contributed by atoms with Crippen molar-refractivity contribution in [1.29, 1.82) is 0 Å². The minimum atomic E-state index is -0.442. The topological polar surface area (TPSA) is 98.3 Å². The van der Waals surface area contributed by atoms with Gasteiger partial charge >= 0.3 is 0 Å². The summed E-state index contributed by atoms with van der Waals surface area (Å²) in [7, 11) is 0. The van der Waals surface area contributed by atoms with Crippen molar-refractivity contribution in [3.05, 3.63) is 39.6 Å². The summed E-state index contributed by atoms with van der Waals surface area (Å²) in [5, 5.41) is 14.1. The molecule has 134 valence electrons. The zero-order valence-electron chi connectivity index (χ0n) is 13.9. The molecular formula is C17H22N4O3S. The number of likely N-dealkylation sites (tertiary alicyclic amines) is 1. The molecule has 3 heterocycles. The maximum absolute atomic E-state index is 12.2. The number of aliphatic hydroxyl groups excluding tert-OH is 1. The third-order valence-electron chi connectivity index (χ3n) is 4.44. The lowest BCUT2D eigenvalue weighted by atomic mass is 10.0. The van der Waals surface area contributed by atoms with Gasteiger partial charge in [0.2, 0.25) is 0 Å². The minimum Gasteiger partial charge on any atom is -0.395 e. The smallest absolute Gasteiger partial charge is 0.264 e. The average molecular weight is 362 g/mol. The SMILES string of the molecule is O=C(NCCN1CCCC[C@@H]1CO)c1cnc(-c2cccs2)[nH]c1=O. The molecule has 25 heavy (non-hydrogen) atoms. The first-order valence-electron chi connectivity index (χ1n) is 8.45. The monoisotopic (exact) mass is 362 g/mol. The van der Waals surface area contributed by atoms with Crippen molar-refractivity contribution in [2.75, 3.05) is 26.2 Å². The van der Waals surface area contributed by atoms with Gasteiger partial charge in [0.25, 0.3) is 11.5 Å². The number of piperidine rings is 1. The fourth-order valence-corrected chi connectivity index (χ4v) is 3.74. The van der Waals surface area contributed by atoms with Crippen LogP contribution in [0.2, 0.25) is 0 Å². The van der Waals surface area contributed by atoms with Crippen LogP contribution >= 0.6 is 11.3 Å². The highest BCUT2D eigenvalue weighted by Gasteiger charge is 2.21. The van der Waals surface area contributed by atoms with E-state index in [2.05, 4.69) is 20.2 Å². The summed E-state index contributed by atoms with van der Waals surface area (Å²) in [6.45, 7) is 2.16. The lowest BCUT2D eigenvalue weighted by Crippen LogP contribution is -2.45.